The fraction of sp³-hybridized carbons (Fsp3) is 0.478. The molecule has 3 rings (SSSR count). The Labute approximate surface area is 167 Å². The molecule has 0 saturated carbocycles. The highest BCUT2D eigenvalue weighted by molar-refractivity contribution is 5.17. The van der Waals surface area contributed by atoms with E-state index in [1.165, 1.54) is 22.8 Å². The number of aliphatic hydroxyl groups is 1. The van der Waals surface area contributed by atoms with E-state index in [9.17, 15) is 14.7 Å². The largest absolute Gasteiger partial charge is 0.390 e. The van der Waals surface area contributed by atoms with Gasteiger partial charge in [0.05, 0.1) is 5.60 Å². The SMILES string of the molecule is ON1CCCC(O)(CCCNCc2ccccc2)CC1Cc1ccc(F)cc1. The predicted molar refractivity (Wildman–Crippen MR) is 109 cm³/mol. The predicted octanol–water partition coefficient (Wildman–Crippen LogP) is 3.91. The molecule has 0 radical (unpaired) electrons. The van der Waals surface area contributed by atoms with Crippen LogP contribution in [-0.2, 0) is 13.0 Å². The van der Waals surface area contributed by atoms with Crippen LogP contribution in [0.15, 0.2) is 54.6 Å². The van der Waals surface area contributed by atoms with Crippen LogP contribution in [0.3, 0.4) is 0 Å². The molecule has 1 saturated heterocycles. The maximum atomic E-state index is 13.1. The molecule has 1 aliphatic heterocycles. The standard InChI is InChI=1S/C23H31FN2O2/c24-21-10-8-19(9-11-21)16-22-17-23(27,13-5-15-26(22)28)12-4-14-25-18-20-6-2-1-3-7-20/h1-3,6-11,22,25,27-28H,4-5,12-18H2. The molecule has 4 nitrogen and oxygen atoms in total. The van der Waals surface area contributed by atoms with Gasteiger partial charge in [0.25, 0.3) is 0 Å². The second-order valence-corrected chi connectivity index (χ2v) is 7.95. The summed E-state index contributed by atoms with van der Waals surface area (Å²) in [5, 5.41) is 26.3. The molecule has 0 spiro atoms. The van der Waals surface area contributed by atoms with Gasteiger partial charge >= 0.3 is 0 Å². The van der Waals surface area contributed by atoms with Crippen LogP contribution in [0, 0.1) is 5.82 Å². The molecule has 0 amide bonds. The van der Waals surface area contributed by atoms with Crippen molar-refractivity contribution >= 4 is 0 Å². The minimum atomic E-state index is -0.767. The van der Waals surface area contributed by atoms with Crippen molar-refractivity contribution in [1.29, 1.82) is 0 Å². The highest BCUT2D eigenvalue weighted by Gasteiger charge is 2.35. The maximum absolute atomic E-state index is 13.1. The zero-order chi connectivity index (χ0) is 19.8. The summed E-state index contributed by atoms with van der Waals surface area (Å²) in [4.78, 5) is 0. The third-order valence-electron chi connectivity index (χ3n) is 5.62. The molecule has 1 aliphatic rings. The lowest BCUT2D eigenvalue weighted by molar-refractivity contribution is -0.132. The van der Waals surface area contributed by atoms with Gasteiger partial charge in [-0.05, 0) is 68.3 Å². The highest BCUT2D eigenvalue weighted by atomic mass is 19.1. The van der Waals surface area contributed by atoms with Crippen LogP contribution in [0.1, 0.15) is 43.2 Å². The zero-order valence-corrected chi connectivity index (χ0v) is 16.4. The van der Waals surface area contributed by atoms with E-state index in [2.05, 4.69) is 17.4 Å². The number of hydroxylamine groups is 2. The Bertz CT molecular complexity index is 710. The number of hydrogen-bond donors (Lipinski definition) is 3. The van der Waals surface area contributed by atoms with Crippen molar-refractivity contribution in [3.05, 3.63) is 71.5 Å². The minimum absolute atomic E-state index is 0.157. The summed E-state index contributed by atoms with van der Waals surface area (Å²) in [6.45, 7) is 2.24. The van der Waals surface area contributed by atoms with Gasteiger partial charge in [0.1, 0.15) is 5.82 Å². The maximum Gasteiger partial charge on any atom is 0.123 e. The summed E-state index contributed by atoms with van der Waals surface area (Å²) in [5.41, 5.74) is 1.46. The summed E-state index contributed by atoms with van der Waals surface area (Å²) in [6, 6.07) is 16.5. The van der Waals surface area contributed by atoms with Gasteiger partial charge in [-0.25, -0.2) is 4.39 Å². The Morgan fingerprint density at radius 2 is 1.82 bits per heavy atom. The Morgan fingerprint density at radius 1 is 1.07 bits per heavy atom. The van der Waals surface area contributed by atoms with E-state index in [4.69, 9.17) is 0 Å². The van der Waals surface area contributed by atoms with Crippen LogP contribution in [0.5, 0.6) is 0 Å². The molecule has 0 aliphatic carbocycles. The molecular formula is C23H31FN2O2. The lowest BCUT2D eigenvalue weighted by Gasteiger charge is -2.31. The molecule has 152 valence electrons. The van der Waals surface area contributed by atoms with Gasteiger partial charge in [0.2, 0.25) is 0 Å². The molecule has 1 fully saturated rings. The van der Waals surface area contributed by atoms with Crippen molar-refractivity contribution < 1.29 is 14.7 Å². The van der Waals surface area contributed by atoms with Crippen molar-refractivity contribution in [2.24, 2.45) is 0 Å². The van der Waals surface area contributed by atoms with Crippen LogP contribution in [0.2, 0.25) is 0 Å². The summed E-state index contributed by atoms with van der Waals surface area (Å²) in [5.74, 6) is -0.259. The normalized spacial score (nSPS) is 23.5. The third kappa shape index (κ3) is 6.38. The van der Waals surface area contributed by atoms with E-state index in [1.54, 1.807) is 12.1 Å². The van der Waals surface area contributed by atoms with Gasteiger partial charge in [-0.15, -0.1) is 0 Å². The van der Waals surface area contributed by atoms with Gasteiger partial charge in [-0.1, -0.05) is 42.5 Å². The summed E-state index contributed by atoms with van der Waals surface area (Å²) >= 11 is 0. The van der Waals surface area contributed by atoms with Gasteiger partial charge in [-0.3, -0.25) is 0 Å². The monoisotopic (exact) mass is 386 g/mol. The number of nitrogens with one attached hydrogen (secondary N) is 1. The molecule has 3 N–H and O–H groups in total. The van der Waals surface area contributed by atoms with Gasteiger partial charge in [-0.2, -0.15) is 5.06 Å². The molecule has 2 aromatic rings. The summed E-state index contributed by atoms with van der Waals surface area (Å²) in [7, 11) is 0. The first-order chi connectivity index (χ1) is 13.5. The van der Waals surface area contributed by atoms with Gasteiger partial charge in [0, 0.05) is 19.1 Å². The quantitative estimate of drug-likeness (QED) is 0.602. The van der Waals surface area contributed by atoms with E-state index < -0.39 is 5.60 Å². The summed E-state index contributed by atoms with van der Waals surface area (Å²) in [6.07, 6.45) is 4.19. The molecule has 2 unspecified atom stereocenters. The van der Waals surface area contributed by atoms with Crippen LogP contribution in [0.4, 0.5) is 4.39 Å². The van der Waals surface area contributed by atoms with Crippen molar-refractivity contribution in [2.75, 3.05) is 13.1 Å². The average molecular weight is 387 g/mol. The molecule has 5 heteroatoms. The topological polar surface area (TPSA) is 55.7 Å². The first-order valence-electron chi connectivity index (χ1n) is 10.2. The van der Waals surface area contributed by atoms with Gasteiger partial charge < -0.3 is 15.6 Å². The molecule has 28 heavy (non-hydrogen) atoms. The number of benzene rings is 2. The Hall–Kier alpha value is -1.79. The molecule has 1 heterocycles. The van der Waals surface area contributed by atoms with Crippen molar-refractivity contribution in [1.82, 2.24) is 10.4 Å². The van der Waals surface area contributed by atoms with Crippen molar-refractivity contribution in [3.63, 3.8) is 0 Å². The fourth-order valence-electron chi connectivity index (χ4n) is 4.07. The lowest BCUT2D eigenvalue weighted by Crippen LogP contribution is -2.39. The van der Waals surface area contributed by atoms with Crippen molar-refractivity contribution in [2.45, 2.75) is 56.7 Å². The van der Waals surface area contributed by atoms with E-state index in [0.29, 0.717) is 32.2 Å². The number of hydrogen-bond acceptors (Lipinski definition) is 4. The molecular weight excluding hydrogens is 355 g/mol. The third-order valence-corrected chi connectivity index (χ3v) is 5.62. The zero-order valence-electron chi connectivity index (χ0n) is 16.4. The van der Waals surface area contributed by atoms with Crippen LogP contribution >= 0.6 is 0 Å². The Morgan fingerprint density at radius 3 is 2.57 bits per heavy atom. The fourth-order valence-corrected chi connectivity index (χ4v) is 4.07. The Balaban J connectivity index is 1.49. The second kappa shape index (κ2) is 10.1. The molecule has 2 atom stereocenters. The molecule has 0 bridgehead atoms. The average Bonchev–Trinajstić information content (AvgIpc) is 2.83. The number of rotatable bonds is 8. The molecule has 0 aromatic heterocycles. The summed E-state index contributed by atoms with van der Waals surface area (Å²) < 4.78 is 13.1. The first-order valence-corrected chi connectivity index (χ1v) is 10.2. The first kappa shape index (κ1) is 20.9. The lowest BCUT2D eigenvalue weighted by atomic mass is 9.85. The number of halogens is 1. The van der Waals surface area contributed by atoms with Crippen LogP contribution in [0.25, 0.3) is 0 Å². The van der Waals surface area contributed by atoms with E-state index in [0.717, 1.165) is 31.5 Å². The smallest absolute Gasteiger partial charge is 0.123 e. The van der Waals surface area contributed by atoms with Crippen LogP contribution < -0.4 is 5.32 Å². The van der Waals surface area contributed by atoms with Gasteiger partial charge in [0.15, 0.2) is 0 Å². The van der Waals surface area contributed by atoms with Crippen molar-refractivity contribution in [3.8, 4) is 0 Å². The second-order valence-electron chi connectivity index (χ2n) is 7.95. The molecule has 2 aromatic carbocycles. The van der Waals surface area contributed by atoms with E-state index >= 15 is 0 Å². The number of nitrogens with zero attached hydrogens (tertiary/aromatic N) is 1. The minimum Gasteiger partial charge on any atom is -0.390 e. The van der Waals surface area contributed by atoms with E-state index in [1.807, 2.05) is 18.2 Å². The Kier molecular flexibility index (Phi) is 7.57. The van der Waals surface area contributed by atoms with E-state index in [-0.39, 0.29) is 11.9 Å². The van der Waals surface area contributed by atoms with Crippen LogP contribution in [-0.4, -0.2) is 40.1 Å². The highest BCUT2D eigenvalue weighted by Crippen LogP contribution is 2.31.